The number of fused-ring (bicyclic) bond motifs is 6. The monoisotopic (exact) mass is 979 g/mol. The van der Waals surface area contributed by atoms with Crippen LogP contribution in [0.1, 0.15) is 83.7 Å². The minimum atomic E-state index is 0.818. The van der Waals surface area contributed by atoms with Crippen LogP contribution < -0.4 is 5.32 Å². The lowest BCUT2D eigenvalue weighted by atomic mass is 9.83. The summed E-state index contributed by atoms with van der Waals surface area (Å²) in [5.74, 6) is 7.87. The van der Waals surface area contributed by atoms with Crippen LogP contribution in [0, 0.1) is 5.92 Å². The van der Waals surface area contributed by atoms with Crippen molar-refractivity contribution in [2.45, 2.75) is 86.0 Å². The topological polar surface area (TPSA) is 99.2 Å². The van der Waals surface area contributed by atoms with Gasteiger partial charge in [-0.05, 0) is 108 Å². The molecule has 13 rings (SSSR count). The molecule has 65 heavy (non-hydrogen) atoms. The first-order valence-electron chi connectivity index (χ1n) is 22.5. The summed E-state index contributed by atoms with van der Waals surface area (Å²) < 4.78 is 5.45. The number of hydrogen-bond donors (Lipinski definition) is 1. The summed E-state index contributed by atoms with van der Waals surface area (Å²) in [6, 6.07) is 24.8. The zero-order valence-electron chi connectivity index (χ0n) is 36.9. The van der Waals surface area contributed by atoms with Crippen molar-refractivity contribution >= 4 is 79.4 Å². The lowest BCUT2D eigenvalue weighted by Gasteiger charge is -2.30. The molecule has 5 aliphatic rings. The van der Waals surface area contributed by atoms with E-state index in [1.54, 1.807) is 19.0 Å². The number of nitrogens with one attached hydrogen (secondary N) is 1. The molecule has 0 bridgehead atoms. The van der Waals surface area contributed by atoms with Crippen LogP contribution >= 0.6 is 51.2 Å². The second kappa shape index (κ2) is 22.1. The fraction of sp³-hybridized carbons (Fsp3) is 0.308. The molecule has 13 heteroatoms. The SMILES string of the molecule is Brc1ccc2c(c1)CSC2.C1=Cc2cncnc2C1.CC[C@@H]1CCCC[C@H]1NC.c1ncc2ccn(-c3ccc4c(c3)CSC4)c2n1.c1ncc2ccn(-c3ccc4c(c3)CSC4)c2n1. The van der Waals surface area contributed by atoms with Crippen LogP contribution in [0.15, 0.2) is 127 Å². The molecule has 3 aromatic carbocycles. The van der Waals surface area contributed by atoms with Gasteiger partial charge >= 0.3 is 0 Å². The molecule has 3 aliphatic heterocycles. The molecule has 0 spiro atoms. The molecule has 8 heterocycles. The molecule has 332 valence electrons. The number of nitrogens with zero attached hydrogens (tertiary/aromatic N) is 8. The molecule has 0 amide bonds. The smallest absolute Gasteiger partial charge is 0.147 e. The van der Waals surface area contributed by atoms with E-state index in [9.17, 15) is 0 Å². The summed E-state index contributed by atoms with van der Waals surface area (Å²) in [4.78, 5) is 24.8. The second-order valence-electron chi connectivity index (χ2n) is 16.7. The summed E-state index contributed by atoms with van der Waals surface area (Å²) in [6.45, 7) is 2.31. The lowest BCUT2D eigenvalue weighted by Crippen LogP contribution is -2.35. The molecule has 2 aliphatic carbocycles. The number of thioether (sulfide) groups is 3. The predicted octanol–water partition coefficient (Wildman–Crippen LogP) is 12.8. The minimum Gasteiger partial charge on any atom is -0.317 e. The first-order chi connectivity index (χ1) is 32.0. The van der Waals surface area contributed by atoms with E-state index in [-0.39, 0.29) is 0 Å². The van der Waals surface area contributed by atoms with Gasteiger partial charge in [0.05, 0.1) is 5.69 Å². The van der Waals surface area contributed by atoms with Crippen LogP contribution in [0.25, 0.3) is 39.5 Å². The van der Waals surface area contributed by atoms with Crippen LogP contribution in [-0.2, 0) is 40.9 Å². The van der Waals surface area contributed by atoms with E-state index < -0.39 is 0 Å². The van der Waals surface area contributed by atoms with Gasteiger partial charge in [0.15, 0.2) is 0 Å². The largest absolute Gasteiger partial charge is 0.317 e. The van der Waals surface area contributed by atoms with Crippen LogP contribution in [0.2, 0.25) is 0 Å². The molecule has 1 N–H and O–H groups in total. The predicted molar refractivity (Wildman–Crippen MR) is 277 cm³/mol. The molecule has 0 radical (unpaired) electrons. The van der Waals surface area contributed by atoms with Crippen molar-refractivity contribution in [3.63, 3.8) is 0 Å². The van der Waals surface area contributed by atoms with Crippen molar-refractivity contribution < 1.29 is 0 Å². The zero-order valence-corrected chi connectivity index (χ0v) is 41.0. The number of rotatable bonds is 4. The Bertz CT molecular complexity index is 2750. The highest BCUT2D eigenvalue weighted by atomic mass is 79.9. The van der Waals surface area contributed by atoms with Gasteiger partial charge < -0.3 is 14.5 Å². The standard InChI is InChI=1S/2C14H11N3S.C9H19N.C8H7BrS.C7H6N2/c2*1-2-13(5-12-8-18-7-11(1)12)17-4-3-10-6-15-9-16-14(10)17;1-3-8-6-4-5-7-9(8)10-2;9-8-2-1-6-4-10-5-7(6)3-8;1-2-6-4-8-5-9-7(6)3-1/h2*1-6,9H,7-8H2;8-10H,3-7H2,1-2H3;1-3H,4-5H2;1-2,4-5H,3H2/t;;8-,9-;;/m..1../s1. The van der Waals surface area contributed by atoms with Gasteiger partial charge in [-0.25, -0.2) is 29.9 Å². The summed E-state index contributed by atoms with van der Waals surface area (Å²) in [5.41, 5.74) is 15.5. The summed E-state index contributed by atoms with van der Waals surface area (Å²) >= 11 is 9.40. The Hall–Kier alpha value is -4.79. The van der Waals surface area contributed by atoms with E-state index in [2.05, 4.69) is 166 Å². The molecular weight excluding hydrogens is 927 g/mol. The van der Waals surface area contributed by atoms with E-state index in [0.29, 0.717) is 0 Å². The Balaban J connectivity index is 0.000000106. The lowest BCUT2D eigenvalue weighted by molar-refractivity contribution is 0.267. The summed E-state index contributed by atoms with van der Waals surface area (Å²) in [7, 11) is 2.10. The van der Waals surface area contributed by atoms with Gasteiger partial charge in [0.25, 0.3) is 0 Å². The Morgan fingerprint density at radius 2 is 1.14 bits per heavy atom. The number of benzene rings is 3. The summed E-state index contributed by atoms with van der Waals surface area (Å²) in [6.07, 6.45) is 26.6. The van der Waals surface area contributed by atoms with Gasteiger partial charge in [-0.1, -0.05) is 72.5 Å². The van der Waals surface area contributed by atoms with Gasteiger partial charge in [0.1, 0.15) is 30.3 Å². The second-order valence-corrected chi connectivity index (χ2v) is 20.5. The average Bonchev–Trinajstić information content (AvgIpc) is 4.23. The van der Waals surface area contributed by atoms with Crippen LogP contribution in [0.5, 0.6) is 0 Å². The quantitative estimate of drug-likeness (QED) is 0.184. The Kier molecular flexibility index (Phi) is 15.4. The third kappa shape index (κ3) is 11.1. The highest BCUT2D eigenvalue weighted by molar-refractivity contribution is 9.10. The van der Waals surface area contributed by atoms with E-state index in [0.717, 1.165) is 74.7 Å². The third-order valence-corrected chi connectivity index (χ3v) is 16.2. The summed E-state index contributed by atoms with van der Waals surface area (Å²) in [5, 5.41) is 5.56. The van der Waals surface area contributed by atoms with Gasteiger partial charge in [-0.3, -0.25) is 0 Å². The van der Waals surface area contributed by atoms with E-state index in [1.807, 2.05) is 53.9 Å². The minimum absolute atomic E-state index is 0.818. The molecule has 0 unspecified atom stereocenters. The van der Waals surface area contributed by atoms with Gasteiger partial charge in [0.2, 0.25) is 0 Å². The molecule has 9 nitrogen and oxygen atoms in total. The normalized spacial score (nSPS) is 17.3. The van der Waals surface area contributed by atoms with Gasteiger partial charge in [0, 0.05) is 110 Å². The molecule has 0 saturated heterocycles. The Morgan fingerprint density at radius 1 is 0.615 bits per heavy atom. The van der Waals surface area contributed by atoms with E-state index in [1.165, 1.54) is 92.8 Å². The van der Waals surface area contributed by atoms with Crippen molar-refractivity contribution in [3.05, 3.63) is 172 Å². The molecular formula is C52H54BrN9S3. The number of hydrogen-bond acceptors (Lipinski definition) is 10. The van der Waals surface area contributed by atoms with Crippen molar-refractivity contribution in [2.24, 2.45) is 5.92 Å². The van der Waals surface area contributed by atoms with Crippen molar-refractivity contribution in [3.8, 4) is 11.4 Å². The van der Waals surface area contributed by atoms with Crippen molar-refractivity contribution in [1.82, 2.24) is 44.4 Å². The fourth-order valence-corrected chi connectivity index (χ4v) is 12.7. The first kappa shape index (κ1) is 45.4. The van der Waals surface area contributed by atoms with Crippen LogP contribution in [0.4, 0.5) is 0 Å². The van der Waals surface area contributed by atoms with E-state index in [4.69, 9.17) is 0 Å². The number of halogens is 1. The highest BCUT2D eigenvalue weighted by Gasteiger charge is 2.21. The van der Waals surface area contributed by atoms with Crippen molar-refractivity contribution in [2.75, 3.05) is 7.05 Å². The van der Waals surface area contributed by atoms with Crippen LogP contribution in [0.3, 0.4) is 0 Å². The molecule has 8 aromatic rings. The highest BCUT2D eigenvalue weighted by Crippen LogP contribution is 2.34. The van der Waals surface area contributed by atoms with E-state index >= 15 is 0 Å². The maximum Gasteiger partial charge on any atom is 0.147 e. The Labute approximate surface area is 403 Å². The molecule has 1 fully saturated rings. The molecule has 2 atom stereocenters. The van der Waals surface area contributed by atoms with Crippen LogP contribution in [-0.4, -0.2) is 52.1 Å². The number of aromatic nitrogens is 8. The number of allylic oxidation sites excluding steroid dienone is 1. The zero-order chi connectivity index (χ0) is 44.4. The fourth-order valence-electron chi connectivity index (χ4n) is 8.98. The Morgan fingerprint density at radius 3 is 1.69 bits per heavy atom. The molecule has 5 aromatic heterocycles. The maximum atomic E-state index is 4.36. The third-order valence-electron chi connectivity index (χ3n) is 12.6. The van der Waals surface area contributed by atoms with Crippen molar-refractivity contribution in [1.29, 1.82) is 0 Å². The molecule has 1 saturated carbocycles. The first-order valence-corrected chi connectivity index (χ1v) is 26.7. The van der Waals surface area contributed by atoms with Gasteiger partial charge in [-0.15, -0.1) is 0 Å². The maximum absolute atomic E-state index is 4.36. The van der Waals surface area contributed by atoms with Gasteiger partial charge in [-0.2, -0.15) is 35.3 Å². The average molecular weight is 981 g/mol.